The molecule has 1 rings (SSSR count). The van der Waals surface area contributed by atoms with E-state index in [4.69, 9.17) is 0 Å². The van der Waals surface area contributed by atoms with E-state index in [0.717, 1.165) is 12.0 Å². The van der Waals surface area contributed by atoms with Gasteiger partial charge in [-0.25, -0.2) is 0 Å². The molecule has 1 nitrogen and oxygen atoms in total. The molecule has 1 aromatic carbocycles. The van der Waals surface area contributed by atoms with Gasteiger partial charge in [0.1, 0.15) is 5.78 Å². The summed E-state index contributed by atoms with van der Waals surface area (Å²) in [5.41, 5.74) is 0.811. The van der Waals surface area contributed by atoms with Crippen LogP contribution in [0.1, 0.15) is 32.8 Å². The number of benzene rings is 1. The van der Waals surface area contributed by atoms with Crippen LogP contribution in [0.2, 0.25) is 0 Å². The maximum atomic E-state index is 11.5. The van der Waals surface area contributed by atoms with Crippen molar-refractivity contribution in [1.29, 1.82) is 0 Å². The highest BCUT2D eigenvalue weighted by molar-refractivity contribution is 5.87. The van der Waals surface area contributed by atoms with E-state index in [1.807, 2.05) is 37.3 Å². The highest BCUT2D eigenvalue weighted by atomic mass is 16.1. The van der Waals surface area contributed by atoms with E-state index in [1.165, 1.54) is 0 Å². The average molecular weight is 176 g/mol. The van der Waals surface area contributed by atoms with E-state index in [1.54, 1.807) is 6.92 Å². The van der Waals surface area contributed by atoms with Crippen molar-refractivity contribution >= 4 is 5.78 Å². The Morgan fingerprint density at radius 2 is 1.85 bits per heavy atom. The van der Waals surface area contributed by atoms with Crippen molar-refractivity contribution < 1.29 is 4.79 Å². The van der Waals surface area contributed by atoms with Gasteiger partial charge in [0.15, 0.2) is 0 Å². The van der Waals surface area contributed by atoms with Crippen LogP contribution in [-0.2, 0) is 10.2 Å². The molecular weight excluding hydrogens is 160 g/mol. The van der Waals surface area contributed by atoms with Gasteiger partial charge in [0.2, 0.25) is 0 Å². The van der Waals surface area contributed by atoms with Gasteiger partial charge in [0.25, 0.3) is 0 Å². The van der Waals surface area contributed by atoms with Gasteiger partial charge in [0, 0.05) is 0 Å². The molecule has 13 heavy (non-hydrogen) atoms. The summed E-state index contributed by atoms with van der Waals surface area (Å²) < 4.78 is 0. The van der Waals surface area contributed by atoms with Crippen LogP contribution in [0.15, 0.2) is 30.3 Å². The first-order chi connectivity index (χ1) is 6.11. The molecule has 0 amide bonds. The predicted molar refractivity (Wildman–Crippen MR) is 54.8 cm³/mol. The molecule has 1 atom stereocenters. The Bertz CT molecular complexity index is 289. The third-order valence-corrected chi connectivity index (χ3v) is 2.90. The van der Waals surface area contributed by atoms with E-state index in [0.29, 0.717) is 0 Å². The monoisotopic (exact) mass is 176 g/mol. The Balaban J connectivity index is 3.11. The van der Waals surface area contributed by atoms with Crippen molar-refractivity contribution in [2.75, 3.05) is 0 Å². The first-order valence-corrected chi connectivity index (χ1v) is 4.68. The van der Waals surface area contributed by atoms with Crippen molar-refractivity contribution in [3.8, 4) is 0 Å². The van der Waals surface area contributed by atoms with Crippen molar-refractivity contribution in [2.45, 2.75) is 32.6 Å². The fraction of sp³-hybridized carbons (Fsp3) is 0.417. The first-order valence-electron chi connectivity index (χ1n) is 4.68. The van der Waals surface area contributed by atoms with Crippen molar-refractivity contribution in [2.24, 2.45) is 0 Å². The zero-order chi connectivity index (χ0) is 9.90. The Kier molecular flexibility index (Phi) is 2.86. The van der Waals surface area contributed by atoms with Crippen LogP contribution in [0, 0.1) is 0 Å². The summed E-state index contributed by atoms with van der Waals surface area (Å²) in [4.78, 5) is 11.5. The number of hydrogen-bond donors (Lipinski definition) is 0. The highest BCUT2D eigenvalue weighted by Crippen LogP contribution is 2.27. The van der Waals surface area contributed by atoms with Crippen LogP contribution < -0.4 is 0 Å². The second-order valence-corrected chi connectivity index (χ2v) is 3.61. The van der Waals surface area contributed by atoms with Crippen LogP contribution in [0.25, 0.3) is 0 Å². The summed E-state index contributed by atoms with van der Waals surface area (Å²) in [6.07, 6.45) is 0.854. The lowest BCUT2D eigenvalue weighted by atomic mass is 9.77. The molecule has 0 saturated heterocycles. The maximum absolute atomic E-state index is 11.5. The molecule has 0 aliphatic rings. The van der Waals surface area contributed by atoms with E-state index in [-0.39, 0.29) is 11.2 Å². The molecule has 0 unspecified atom stereocenters. The van der Waals surface area contributed by atoms with Gasteiger partial charge in [-0.2, -0.15) is 0 Å². The molecule has 0 bridgehead atoms. The number of Topliss-reactive ketones (excluding diaryl/α,β-unsaturated/α-hetero) is 1. The molecule has 0 aromatic heterocycles. The largest absolute Gasteiger partial charge is 0.299 e. The fourth-order valence-electron chi connectivity index (χ4n) is 1.46. The Morgan fingerprint density at radius 1 is 1.31 bits per heavy atom. The molecule has 0 radical (unpaired) electrons. The lowest BCUT2D eigenvalue weighted by Gasteiger charge is -2.25. The maximum Gasteiger partial charge on any atom is 0.140 e. The van der Waals surface area contributed by atoms with Crippen molar-refractivity contribution in [3.63, 3.8) is 0 Å². The molecule has 0 fully saturated rings. The van der Waals surface area contributed by atoms with Gasteiger partial charge < -0.3 is 0 Å². The van der Waals surface area contributed by atoms with Gasteiger partial charge in [-0.05, 0) is 25.8 Å². The lowest BCUT2D eigenvalue weighted by Crippen LogP contribution is -2.29. The molecule has 70 valence electrons. The smallest absolute Gasteiger partial charge is 0.140 e. The molecule has 1 heteroatoms. The minimum atomic E-state index is -0.304. The topological polar surface area (TPSA) is 17.1 Å². The van der Waals surface area contributed by atoms with E-state index < -0.39 is 0 Å². The Morgan fingerprint density at radius 3 is 2.23 bits per heavy atom. The quantitative estimate of drug-likeness (QED) is 0.692. The van der Waals surface area contributed by atoms with Crippen LogP contribution in [0.3, 0.4) is 0 Å². The number of rotatable bonds is 3. The van der Waals surface area contributed by atoms with Gasteiger partial charge in [0.05, 0.1) is 5.41 Å². The molecule has 1 aromatic rings. The van der Waals surface area contributed by atoms with Crippen LogP contribution in [-0.4, -0.2) is 5.78 Å². The minimum absolute atomic E-state index is 0.237. The van der Waals surface area contributed by atoms with Crippen molar-refractivity contribution in [3.05, 3.63) is 35.9 Å². The van der Waals surface area contributed by atoms with E-state index in [9.17, 15) is 4.79 Å². The van der Waals surface area contributed by atoms with Gasteiger partial charge >= 0.3 is 0 Å². The second-order valence-electron chi connectivity index (χ2n) is 3.61. The summed E-state index contributed by atoms with van der Waals surface area (Å²) in [5.74, 6) is 0.237. The zero-order valence-electron chi connectivity index (χ0n) is 8.50. The minimum Gasteiger partial charge on any atom is -0.299 e. The molecule has 0 aliphatic carbocycles. The molecular formula is C12H16O. The first kappa shape index (κ1) is 9.97. The molecule has 0 spiro atoms. The molecule has 0 saturated carbocycles. The SMILES string of the molecule is CC[C@](C)(C(C)=O)c1ccccc1. The molecule has 0 heterocycles. The zero-order valence-corrected chi connectivity index (χ0v) is 8.50. The summed E-state index contributed by atoms with van der Waals surface area (Å²) >= 11 is 0. The van der Waals surface area contributed by atoms with Crippen LogP contribution >= 0.6 is 0 Å². The lowest BCUT2D eigenvalue weighted by molar-refractivity contribution is -0.122. The third kappa shape index (κ3) is 1.80. The number of carbonyl (C=O) groups excluding carboxylic acids is 1. The van der Waals surface area contributed by atoms with E-state index in [2.05, 4.69) is 6.92 Å². The number of hydrogen-bond acceptors (Lipinski definition) is 1. The standard InChI is InChI=1S/C12H16O/c1-4-12(3,10(2)13)11-8-6-5-7-9-11/h5-9H,4H2,1-3H3/t12-/m1/s1. The van der Waals surface area contributed by atoms with Gasteiger partial charge in [-0.3, -0.25) is 4.79 Å². The third-order valence-electron chi connectivity index (χ3n) is 2.90. The van der Waals surface area contributed by atoms with Crippen LogP contribution in [0.5, 0.6) is 0 Å². The van der Waals surface area contributed by atoms with E-state index >= 15 is 0 Å². The number of ketones is 1. The predicted octanol–water partition coefficient (Wildman–Crippen LogP) is 2.94. The van der Waals surface area contributed by atoms with Crippen LogP contribution in [0.4, 0.5) is 0 Å². The number of carbonyl (C=O) groups is 1. The molecule has 0 aliphatic heterocycles. The summed E-state index contributed by atoms with van der Waals surface area (Å²) in [6, 6.07) is 9.97. The Hall–Kier alpha value is -1.11. The summed E-state index contributed by atoms with van der Waals surface area (Å²) in [7, 11) is 0. The van der Waals surface area contributed by atoms with Crippen molar-refractivity contribution in [1.82, 2.24) is 0 Å². The normalized spacial score (nSPS) is 15.0. The Labute approximate surface area is 79.8 Å². The average Bonchev–Trinajstić information content (AvgIpc) is 2.17. The summed E-state index contributed by atoms with van der Waals surface area (Å²) in [5, 5.41) is 0. The highest BCUT2D eigenvalue weighted by Gasteiger charge is 2.29. The second kappa shape index (κ2) is 3.73. The summed E-state index contributed by atoms with van der Waals surface area (Å²) in [6.45, 7) is 5.72. The fourth-order valence-corrected chi connectivity index (χ4v) is 1.46. The molecule has 0 N–H and O–H groups in total. The van der Waals surface area contributed by atoms with Gasteiger partial charge in [-0.15, -0.1) is 0 Å². The van der Waals surface area contributed by atoms with Gasteiger partial charge in [-0.1, -0.05) is 37.3 Å².